The molecule has 22 heavy (non-hydrogen) atoms. The molecule has 1 aromatic heterocycles. The van der Waals surface area contributed by atoms with E-state index in [4.69, 9.17) is 4.52 Å². The van der Waals surface area contributed by atoms with E-state index in [-0.39, 0.29) is 18.2 Å². The number of amides is 2. The first-order valence-corrected chi connectivity index (χ1v) is 7.10. The van der Waals surface area contributed by atoms with Crippen molar-refractivity contribution in [3.63, 3.8) is 0 Å². The third kappa shape index (κ3) is 2.72. The summed E-state index contributed by atoms with van der Waals surface area (Å²) >= 11 is 0. The molecule has 0 saturated heterocycles. The fourth-order valence-corrected chi connectivity index (χ4v) is 2.71. The van der Waals surface area contributed by atoms with Crippen LogP contribution in [0.3, 0.4) is 0 Å². The molecule has 1 atom stereocenters. The van der Waals surface area contributed by atoms with Gasteiger partial charge in [0.25, 0.3) is 0 Å². The number of fused-ring (bicyclic) bond motifs is 1. The maximum absolute atomic E-state index is 12.7. The highest BCUT2D eigenvalue weighted by Crippen LogP contribution is 2.33. The van der Waals surface area contributed by atoms with Crippen LogP contribution in [0.2, 0.25) is 0 Å². The zero-order valence-corrected chi connectivity index (χ0v) is 12.5. The number of anilines is 1. The predicted molar refractivity (Wildman–Crippen MR) is 80.1 cm³/mol. The van der Waals surface area contributed by atoms with Crippen LogP contribution < -0.4 is 5.32 Å². The minimum atomic E-state index is -0.456. The molecule has 0 aliphatic carbocycles. The van der Waals surface area contributed by atoms with Crippen molar-refractivity contribution >= 4 is 17.5 Å². The van der Waals surface area contributed by atoms with Gasteiger partial charge >= 0.3 is 0 Å². The molecule has 1 aliphatic rings. The van der Waals surface area contributed by atoms with Crippen molar-refractivity contribution in [3.8, 4) is 0 Å². The summed E-state index contributed by atoms with van der Waals surface area (Å²) in [6.45, 7) is 2.16. The topological polar surface area (TPSA) is 75.4 Å². The van der Waals surface area contributed by atoms with Gasteiger partial charge in [0.05, 0.1) is 12.5 Å². The van der Waals surface area contributed by atoms with Gasteiger partial charge in [0, 0.05) is 25.2 Å². The Balaban J connectivity index is 1.81. The quantitative estimate of drug-likeness (QED) is 0.941. The van der Waals surface area contributed by atoms with E-state index in [0.717, 1.165) is 5.56 Å². The molecule has 1 aromatic carbocycles. The van der Waals surface area contributed by atoms with Crippen LogP contribution in [0.5, 0.6) is 0 Å². The Labute approximate surface area is 128 Å². The van der Waals surface area contributed by atoms with Gasteiger partial charge in [0.15, 0.2) is 0 Å². The van der Waals surface area contributed by atoms with Gasteiger partial charge in [-0.3, -0.25) is 9.59 Å². The van der Waals surface area contributed by atoms with Crippen LogP contribution in [0, 0.1) is 6.92 Å². The number of carbonyl (C=O) groups excluding carboxylic acids is 2. The first-order chi connectivity index (χ1) is 10.5. The number of hydrogen-bond acceptors (Lipinski definition) is 4. The van der Waals surface area contributed by atoms with Crippen LogP contribution in [0.1, 0.15) is 29.4 Å². The molecule has 6 heteroatoms. The molecule has 0 radical (unpaired) electrons. The molecular formula is C16H17N3O3. The molecule has 6 nitrogen and oxygen atoms in total. The number of aromatic nitrogens is 1. The summed E-state index contributed by atoms with van der Waals surface area (Å²) in [5, 5.41) is 6.69. The number of benzene rings is 1. The Morgan fingerprint density at radius 3 is 2.95 bits per heavy atom. The van der Waals surface area contributed by atoms with E-state index in [2.05, 4.69) is 10.5 Å². The Morgan fingerprint density at radius 1 is 1.45 bits per heavy atom. The number of carbonyl (C=O) groups is 2. The molecule has 1 aliphatic heterocycles. The normalized spacial score (nSPS) is 16.8. The van der Waals surface area contributed by atoms with Gasteiger partial charge in [0.1, 0.15) is 11.5 Å². The largest absolute Gasteiger partial charge is 0.361 e. The predicted octanol–water partition coefficient (Wildman–Crippen LogP) is 2.07. The smallest absolute Gasteiger partial charge is 0.230 e. The van der Waals surface area contributed by atoms with Gasteiger partial charge < -0.3 is 14.7 Å². The highest BCUT2D eigenvalue weighted by atomic mass is 16.5. The fraction of sp³-hybridized carbons (Fsp3) is 0.312. The average Bonchev–Trinajstić information content (AvgIpc) is 2.90. The van der Waals surface area contributed by atoms with Gasteiger partial charge in [-0.25, -0.2) is 0 Å². The summed E-state index contributed by atoms with van der Waals surface area (Å²) in [6.07, 6.45) is 0.165. The molecule has 0 fully saturated rings. The van der Waals surface area contributed by atoms with Crippen LogP contribution in [-0.2, 0) is 16.1 Å². The standard InChI is InChI=1S/C16H17N3O3/c1-10-7-11(18-22-10)9-19(2)16(21)13-8-15(20)17-14-6-4-3-5-12(13)14/h3-7,13H,8-9H2,1-2H3,(H,17,20). The van der Waals surface area contributed by atoms with E-state index < -0.39 is 5.92 Å². The second-order valence-corrected chi connectivity index (χ2v) is 5.52. The van der Waals surface area contributed by atoms with Crippen LogP contribution in [-0.4, -0.2) is 28.9 Å². The molecule has 3 rings (SSSR count). The first-order valence-electron chi connectivity index (χ1n) is 7.10. The molecule has 1 N–H and O–H groups in total. The van der Waals surface area contributed by atoms with Crippen molar-refractivity contribution in [3.05, 3.63) is 47.3 Å². The number of rotatable bonds is 3. The number of likely N-dealkylation sites (N-methyl/N-ethyl adjacent to an activating group) is 1. The minimum Gasteiger partial charge on any atom is -0.361 e. The van der Waals surface area contributed by atoms with Crippen molar-refractivity contribution in [2.24, 2.45) is 0 Å². The Kier molecular flexibility index (Phi) is 3.66. The van der Waals surface area contributed by atoms with E-state index >= 15 is 0 Å². The molecule has 114 valence electrons. The molecule has 0 spiro atoms. The lowest BCUT2D eigenvalue weighted by molar-refractivity contribution is -0.134. The average molecular weight is 299 g/mol. The monoisotopic (exact) mass is 299 g/mol. The third-order valence-electron chi connectivity index (χ3n) is 3.75. The first kappa shape index (κ1) is 14.3. The molecular weight excluding hydrogens is 282 g/mol. The molecule has 1 unspecified atom stereocenters. The highest BCUT2D eigenvalue weighted by Gasteiger charge is 2.32. The van der Waals surface area contributed by atoms with Crippen molar-refractivity contribution in [2.45, 2.75) is 25.8 Å². The number of para-hydroxylation sites is 1. The van der Waals surface area contributed by atoms with Crippen molar-refractivity contribution in [2.75, 3.05) is 12.4 Å². The highest BCUT2D eigenvalue weighted by molar-refractivity contribution is 6.01. The van der Waals surface area contributed by atoms with Crippen LogP contribution in [0.25, 0.3) is 0 Å². The molecule has 2 amide bonds. The van der Waals surface area contributed by atoms with Crippen LogP contribution in [0.4, 0.5) is 5.69 Å². The lowest BCUT2D eigenvalue weighted by Gasteiger charge is -2.28. The second kappa shape index (κ2) is 5.63. The van der Waals surface area contributed by atoms with Gasteiger partial charge in [0.2, 0.25) is 11.8 Å². The van der Waals surface area contributed by atoms with E-state index in [0.29, 0.717) is 23.7 Å². The van der Waals surface area contributed by atoms with Crippen molar-refractivity contribution in [1.29, 1.82) is 0 Å². The second-order valence-electron chi connectivity index (χ2n) is 5.52. The SMILES string of the molecule is Cc1cc(CN(C)C(=O)C2CC(=O)Nc3ccccc32)no1. The summed E-state index contributed by atoms with van der Waals surface area (Å²) < 4.78 is 5.01. The lowest BCUT2D eigenvalue weighted by Crippen LogP contribution is -2.36. The van der Waals surface area contributed by atoms with Crippen molar-refractivity contribution in [1.82, 2.24) is 10.1 Å². The number of nitrogens with zero attached hydrogens (tertiary/aromatic N) is 2. The van der Waals surface area contributed by atoms with Gasteiger partial charge in [-0.2, -0.15) is 0 Å². The Bertz CT molecular complexity index is 723. The zero-order valence-electron chi connectivity index (χ0n) is 12.5. The van der Waals surface area contributed by atoms with E-state index in [1.165, 1.54) is 0 Å². The van der Waals surface area contributed by atoms with Crippen molar-refractivity contribution < 1.29 is 14.1 Å². The number of nitrogens with one attached hydrogen (secondary N) is 1. The Morgan fingerprint density at radius 2 is 2.23 bits per heavy atom. The summed E-state index contributed by atoms with van der Waals surface area (Å²) in [6, 6.07) is 9.20. The van der Waals surface area contributed by atoms with E-state index in [1.807, 2.05) is 24.3 Å². The number of aryl methyl sites for hydroxylation is 1. The summed E-state index contributed by atoms with van der Waals surface area (Å²) in [5.74, 6) is 0.0203. The molecule has 0 bridgehead atoms. The zero-order chi connectivity index (χ0) is 15.7. The Hall–Kier alpha value is -2.63. The number of hydrogen-bond donors (Lipinski definition) is 1. The molecule has 0 saturated carbocycles. The lowest BCUT2D eigenvalue weighted by atomic mass is 9.89. The van der Waals surface area contributed by atoms with Crippen LogP contribution >= 0.6 is 0 Å². The maximum atomic E-state index is 12.7. The minimum absolute atomic E-state index is 0.0945. The molecule has 2 aromatic rings. The summed E-state index contributed by atoms with van der Waals surface area (Å²) in [4.78, 5) is 26.1. The third-order valence-corrected chi connectivity index (χ3v) is 3.75. The van der Waals surface area contributed by atoms with Gasteiger partial charge in [-0.15, -0.1) is 0 Å². The van der Waals surface area contributed by atoms with E-state index in [1.54, 1.807) is 24.9 Å². The fourth-order valence-electron chi connectivity index (χ4n) is 2.71. The van der Waals surface area contributed by atoms with Gasteiger partial charge in [-0.05, 0) is 18.6 Å². The van der Waals surface area contributed by atoms with Gasteiger partial charge in [-0.1, -0.05) is 23.4 Å². The molecule has 2 heterocycles. The maximum Gasteiger partial charge on any atom is 0.230 e. The summed E-state index contributed by atoms with van der Waals surface area (Å²) in [7, 11) is 1.71. The van der Waals surface area contributed by atoms with Crippen LogP contribution in [0.15, 0.2) is 34.9 Å². The van der Waals surface area contributed by atoms with E-state index in [9.17, 15) is 9.59 Å². The summed E-state index contributed by atoms with van der Waals surface area (Å²) in [5.41, 5.74) is 2.26.